The Labute approximate surface area is 136 Å². The highest BCUT2D eigenvalue weighted by Crippen LogP contribution is 2.28. The van der Waals surface area contributed by atoms with E-state index in [-0.39, 0.29) is 11.8 Å². The molecule has 1 amide bonds. The van der Waals surface area contributed by atoms with E-state index in [1.165, 1.54) is 0 Å². The Kier molecular flexibility index (Phi) is 4.61. The lowest BCUT2D eigenvalue weighted by molar-refractivity contribution is 0.0789. The number of amides is 1. The van der Waals surface area contributed by atoms with Crippen molar-refractivity contribution < 1.29 is 18.1 Å². The van der Waals surface area contributed by atoms with Crippen LogP contribution in [0.4, 0.5) is 8.78 Å². The zero-order valence-electron chi connectivity index (χ0n) is 12.4. The van der Waals surface area contributed by atoms with Gasteiger partial charge < -0.3 is 9.42 Å². The second-order valence-electron chi connectivity index (χ2n) is 5.32. The molecule has 0 radical (unpaired) electrons. The van der Waals surface area contributed by atoms with E-state index in [1.807, 2.05) is 0 Å². The minimum absolute atomic E-state index is 0.0498. The van der Waals surface area contributed by atoms with Crippen molar-refractivity contribution in [3.05, 3.63) is 41.5 Å². The van der Waals surface area contributed by atoms with E-state index in [0.717, 1.165) is 6.42 Å². The minimum Gasteiger partial charge on any atom is -0.339 e. The molecular formula is C15H15F2N3O2S. The second-order valence-corrected chi connectivity index (χ2v) is 6.38. The molecular weight excluding hydrogens is 324 g/mol. The summed E-state index contributed by atoms with van der Waals surface area (Å²) in [6.07, 6.45) is 0.771. The number of alkyl halides is 2. The molecule has 1 saturated heterocycles. The van der Waals surface area contributed by atoms with Gasteiger partial charge >= 0.3 is 0 Å². The lowest BCUT2D eigenvalue weighted by Crippen LogP contribution is -2.28. The number of aromatic nitrogens is 2. The summed E-state index contributed by atoms with van der Waals surface area (Å²) < 4.78 is 29.8. The molecule has 0 aliphatic carbocycles. The van der Waals surface area contributed by atoms with Gasteiger partial charge in [0.2, 0.25) is 5.89 Å². The van der Waals surface area contributed by atoms with Gasteiger partial charge in [-0.3, -0.25) is 4.79 Å². The van der Waals surface area contributed by atoms with Gasteiger partial charge in [-0.15, -0.1) is 0 Å². The lowest BCUT2D eigenvalue weighted by atomic mass is 10.1. The first kappa shape index (κ1) is 15.9. The van der Waals surface area contributed by atoms with Gasteiger partial charge in [0.05, 0.1) is 5.92 Å². The molecule has 2 aromatic rings. The lowest BCUT2D eigenvalue weighted by Gasteiger charge is -2.16. The van der Waals surface area contributed by atoms with Gasteiger partial charge in [-0.25, -0.2) is 0 Å². The normalized spacial score (nSPS) is 17.9. The highest BCUT2D eigenvalue weighted by Gasteiger charge is 2.31. The van der Waals surface area contributed by atoms with Crippen LogP contribution in [0.25, 0.3) is 0 Å². The summed E-state index contributed by atoms with van der Waals surface area (Å²) in [5, 5.41) is 3.77. The summed E-state index contributed by atoms with van der Waals surface area (Å²) in [4.78, 5) is 18.8. The topological polar surface area (TPSA) is 59.2 Å². The Hall–Kier alpha value is -1.96. The van der Waals surface area contributed by atoms with Crippen LogP contribution in [0.5, 0.6) is 0 Å². The standard InChI is InChI=1S/C15H15F2N3O2S/c1-9-18-13(22-19-9)11-6-7-20(8-11)14(21)10-2-4-12(5-3-10)23-15(16)17/h2-5,11,15H,6-8H2,1H3. The van der Waals surface area contributed by atoms with Crippen LogP contribution < -0.4 is 0 Å². The summed E-state index contributed by atoms with van der Waals surface area (Å²) in [6.45, 7) is 2.89. The maximum Gasteiger partial charge on any atom is 0.288 e. The molecule has 2 heterocycles. The molecule has 1 unspecified atom stereocenters. The molecule has 1 aromatic heterocycles. The molecule has 1 atom stereocenters. The number of aryl methyl sites for hydroxylation is 1. The van der Waals surface area contributed by atoms with Crippen molar-refractivity contribution in [2.45, 2.75) is 29.9 Å². The summed E-state index contributed by atoms with van der Waals surface area (Å²) >= 11 is 0.465. The van der Waals surface area contributed by atoms with Gasteiger partial charge in [-0.2, -0.15) is 13.8 Å². The molecule has 1 fully saturated rings. The number of likely N-dealkylation sites (tertiary alicyclic amines) is 1. The quantitative estimate of drug-likeness (QED) is 0.800. The summed E-state index contributed by atoms with van der Waals surface area (Å²) in [5.74, 6) is -1.39. The molecule has 0 saturated carbocycles. The highest BCUT2D eigenvalue weighted by molar-refractivity contribution is 7.99. The SMILES string of the molecule is Cc1noc(C2CCN(C(=O)c3ccc(SC(F)F)cc3)C2)n1. The molecule has 122 valence electrons. The minimum atomic E-state index is -2.46. The van der Waals surface area contributed by atoms with Gasteiger partial charge in [0, 0.05) is 23.5 Å². The van der Waals surface area contributed by atoms with E-state index < -0.39 is 5.76 Å². The van der Waals surface area contributed by atoms with Crippen molar-refractivity contribution >= 4 is 17.7 Å². The van der Waals surface area contributed by atoms with Crippen LogP contribution in [0.2, 0.25) is 0 Å². The van der Waals surface area contributed by atoms with E-state index >= 15 is 0 Å². The average molecular weight is 339 g/mol. The van der Waals surface area contributed by atoms with E-state index in [0.29, 0.717) is 47.0 Å². The maximum atomic E-state index is 12.5. The summed E-state index contributed by atoms with van der Waals surface area (Å²) in [7, 11) is 0. The van der Waals surface area contributed by atoms with Crippen LogP contribution in [0.1, 0.15) is 34.4 Å². The zero-order chi connectivity index (χ0) is 16.4. The van der Waals surface area contributed by atoms with Gasteiger partial charge in [-0.05, 0) is 37.6 Å². The van der Waals surface area contributed by atoms with Crippen molar-refractivity contribution in [3.63, 3.8) is 0 Å². The monoisotopic (exact) mass is 339 g/mol. The van der Waals surface area contributed by atoms with E-state index in [1.54, 1.807) is 36.1 Å². The molecule has 0 N–H and O–H groups in total. The first-order chi connectivity index (χ1) is 11.0. The molecule has 0 spiro atoms. The molecule has 8 heteroatoms. The summed E-state index contributed by atoms with van der Waals surface area (Å²) in [6, 6.07) is 6.24. The smallest absolute Gasteiger partial charge is 0.288 e. The van der Waals surface area contributed by atoms with Crippen molar-refractivity contribution in [2.24, 2.45) is 0 Å². The Morgan fingerprint density at radius 1 is 1.39 bits per heavy atom. The number of halogens is 2. The number of rotatable bonds is 4. The van der Waals surface area contributed by atoms with Gasteiger partial charge in [0.1, 0.15) is 0 Å². The number of nitrogens with zero attached hydrogens (tertiary/aromatic N) is 3. The fourth-order valence-corrected chi connectivity index (χ4v) is 3.09. The first-order valence-electron chi connectivity index (χ1n) is 7.17. The Morgan fingerprint density at radius 3 is 2.74 bits per heavy atom. The number of carbonyl (C=O) groups excluding carboxylic acids is 1. The van der Waals surface area contributed by atoms with Crippen LogP contribution in [0, 0.1) is 6.92 Å². The van der Waals surface area contributed by atoms with Gasteiger partial charge in [0.15, 0.2) is 5.82 Å². The molecule has 1 aliphatic rings. The van der Waals surface area contributed by atoms with E-state index in [9.17, 15) is 13.6 Å². The third-order valence-electron chi connectivity index (χ3n) is 3.69. The first-order valence-corrected chi connectivity index (χ1v) is 8.05. The van der Waals surface area contributed by atoms with E-state index in [2.05, 4.69) is 10.1 Å². The number of hydrogen-bond acceptors (Lipinski definition) is 5. The van der Waals surface area contributed by atoms with Crippen LogP contribution in [0.15, 0.2) is 33.7 Å². The Morgan fingerprint density at radius 2 is 2.13 bits per heavy atom. The largest absolute Gasteiger partial charge is 0.339 e. The molecule has 3 rings (SSSR count). The van der Waals surface area contributed by atoms with Crippen LogP contribution in [-0.4, -0.2) is 39.8 Å². The predicted molar refractivity (Wildman–Crippen MR) is 80.6 cm³/mol. The number of carbonyl (C=O) groups is 1. The number of benzene rings is 1. The van der Waals surface area contributed by atoms with Gasteiger partial charge in [-0.1, -0.05) is 16.9 Å². The molecule has 23 heavy (non-hydrogen) atoms. The van der Waals surface area contributed by atoms with Gasteiger partial charge in [0.25, 0.3) is 11.7 Å². The van der Waals surface area contributed by atoms with Crippen LogP contribution in [-0.2, 0) is 0 Å². The third-order valence-corrected chi connectivity index (χ3v) is 4.42. The van der Waals surface area contributed by atoms with E-state index in [4.69, 9.17) is 4.52 Å². The zero-order valence-corrected chi connectivity index (χ0v) is 13.2. The van der Waals surface area contributed by atoms with Crippen molar-refractivity contribution in [1.82, 2.24) is 15.0 Å². The third kappa shape index (κ3) is 3.69. The fourth-order valence-electron chi connectivity index (χ4n) is 2.59. The van der Waals surface area contributed by atoms with Crippen molar-refractivity contribution in [1.29, 1.82) is 0 Å². The van der Waals surface area contributed by atoms with Crippen molar-refractivity contribution in [2.75, 3.05) is 13.1 Å². The molecule has 1 aromatic carbocycles. The molecule has 5 nitrogen and oxygen atoms in total. The molecule has 1 aliphatic heterocycles. The molecule has 0 bridgehead atoms. The Balaban J connectivity index is 1.64. The van der Waals surface area contributed by atoms with Crippen LogP contribution in [0.3, 0.4) is 0 Å². The maximum absolute atomic E-state index is 12.5. The van der Waals surface area contributed by atoms with Crippen LogP contribution >= 0.6 is 11.8 Å². The second kappa shape index (κ2) is 6.66. The summed E-state index contributed by atoms with van der Waals surface area (Å²) in [5.41, 5.74) is 0.492. The highest BCUT2D eigenvalue weighted by atomic mass is 32.2. The number of hydrogen-bond donors (Lipinski definition) is 0. The average Bonchev–Trinajstić information content (AvgIpc) is 3.15. The van der Waals surface area contributed by atoms with Crippen molar-refractivity contribution in [3.8, 4) is 0 Å². The Bertz CT molecular complexity index is 690. The number of thioether (sulfide) groups is 1. The predicted octanol–water partition coefficient (Wildman–Crippen LogP) is 3.32. The fraction of sp³-hybridized carbons (Fsp3) is 0.400.